The Morgan fingerprint density at radius 2 is 1.62 bits per heavy atom. The first-order valence-corrected chi connectivity index (χ1v) is 10.9. The van der Waals surface area contributed by atoms with Gasteiger partial charge in [-0.15, -0.1) is 0 Å². The normalized spacial score (nSPS) is 10.5. The second kappa shape index (κ2) is 10.4. The zero-order valence-corrected chi connectivity index (χ0v) is 19.6. The zero-order chi connectivity index (χ0) is 23.3. The van der Waals surface area contributed by atoms with Crippen molar-refractivity contribution in [1.82, 2.24) is 0 Å². The average Bonchev–Trinajstić information content (AvgIpc) is 2.76. The largest absolute Gasteiger partial charge is 0.462 e. The molecule has 0 aliphatic rings. The fourth-order valence-electron chi connectivity index (χ4n) is 3.02. The highest BCUT2D eigenvalue weighted by Crippen LogP contribution is 2.39. The lowest BCUT2D eigenvalue weighted by atomic mass is 10.0. The van der Waals surface area contributed by atoms with E-state index in [1.54, 1.807) is 44.2 Å². The SMILES string of the molecule is CCOC(=O)c1cccc(Oc2ccc(N)c(F)c2-c2cc(I)cc(C(=O)OCC)c2)c1. The van der Waals surface area contributed by atoms with Gasteiger partial charge in [0.15, 0.2) is 5.82 Å². The van der Waals surface area contributed by atoms with E-state index in [2.05, 4.69) is 0 Å². The van der Waals surface area contributed by atoms with Gasteiger partial charge >= 0.3 is 11.9 Å². The molecular formula is C24H21FINO5. The van der Waals surface area contributed by atoms with Gasteiger partial charge in [-0.3, -0.25) is 0 Å². The van der Waals surface area contributed by atoms with Gasteiger partial charge in [0.05, 0.1) is 35.6 Å². The Morgan fingerprint density at radius 1 is 0.938 bits per heavy atom. The smallest absolute Gasteiger partial charge is 0.338 e. The van der Waals surface area contributed by atoms with Crippen molar-refractivity contribution in [3.63, 3.8) is 0 Å². The highest BCUT2D eigenvalue weighted by molar-refractivity contribution is 14.1. The van der Waals surface area contributed by atoms with E-state index in [1.165, 1.54) is 24.3 Å². The number of halogens is 2. The van der Waals surface area contributed by atoms with Crippen molar-refractivity contribution in [2.45, 2.75) is 13.8 Å². The predicted molar refractivity (Wildman–Crippen MR) is 127 cm³/mol. The molecule has 0 unspecified atom stereocenters. The lowest BCUT2D eigenvalue weighted by Crippen LogP contribution is -2.06. The Morgan fingerprint density at radius 3 is 2.31 bits per heavy atom. The number of benzene rings is 3. The third-order valence-corrected chi connectivity index (χ3v) is 5.03. The van der Waals surface area contributed by atoms with Gasteiger partial charge < -0.3 is 19.9 Å². The minimum absolute atomic E-state index is 0.0656. The van der Waals surface area contributed by atoms with Gasteiger partial charge in [-0.1, -0.05) is 6.07 Å². The van der Waals surface area contributed by atoms with Crippen molar-refractivity contribution in [3.8, 4) is 22.6 Å². The fraction of sp³-hybridized carbons (Fsp3) is 0.167. The second-order valence-electron chi connectivity index (χ2n) is 6.64. The first kappa shape index (κ1) is 23.5. The molecule has 0 radical (unpaired) electrons. The summed E-state index contributed by atoms with van der Waals surface area (Å²) in [5.41, 5.74) is 6.84. The van der Waals surface area contributed by atoms with Gasteiger partial charge in [0.2, 0.25) is 0 Å². The highest BCUT2D eigenvalue weighted by atomic mass is 127. The van der Waals surface area contributed by atoms with Crippen LogP contribution in [0.3, 0.4) is 0 Å². The molecule has 0 spiro atoms. The van der Waals surface area contributed by atoms with Crippen LogP contribution in [0.25, 0.3) is 11.1 Å². The molecular weight excluding hydrogens is 528 g/mol. The second-order valence-corrected chi connectivity index (χ2v) is 7.89. The molecule has 8 heteroatoms. The summed E-state index contributed by atoms with van der Waals surface area (Å²) >= 11 is 2.04. The highest BCUT2D eigenvalue weighted by Gasteiger charge is 2.19. The summed E-state index contributed by atoms with van der Waals surface area (Å²) in [4.78, 5) is 24.3. The van der Waals surface area contributed by atoms with Crippen molar-refractivity contribution in [2.24, 2.45) is 0 Å². The van der Waals surface area contributed by atoms with Crippen LogP contribution in [-0.4, -0.2) is 25.2 Å². The number of rotatable bonds is 7. The van der Waals surface area contributed by atoms with Gasteiger partial charge in [0.1, 0.15) is 11.5 Å². The van der Waals surface area contributed by atoms with Crippen LogP contribution < -0.4 is 10.5 Å². The summed E-state index contributed by atoms with van der Waals surface area (Å²) < 4.78 is 31.9. The molecule has 0 aliphatic heterocycles. The van der Waals surface area contributed by atoms with Crippen LogP contribution >= 0.6 is 22.6 Å². The maximum Gasteiger partial charge on any atom is 0.338 e. The van der Waals surface area contributed by atoms with Gasteiger partial charge in [-0.05, 0) is 90.5 Å². The van der Waals surface area contributed by atoms with Gasteiger partial charge in [0.25, 0.3) is 0 Å². The van der Waals surface area contributed by atoms with E-state index >= 15 is 4.39 Å². The van der Waals surface area contributed by atoms with E-state index in [1.807, 2.05) is 22.6 Å². The summed E-state index contributed by atoms with van der Waals surface area (Å²) in [7, 11) is 0. The van der Waals surface area contributed by atoms with E-state index < -0.39 is 17.8 Å². The van der Waals surface area contributed by atoms with Crippen molar-refractivity contribution >= 4 is 40.2 Å². The van der Waals surface area contributed by atoms with Crippen LogP contribution in [0.15, 0.2) is 54.6 Å². The summed E-state index contributed by atoms with van der Waals surface area (Å²) in [6.45, 7) is 3.89. The summed E-state index contributed by atoms with van der Waals surface area (Å²) in [5, 5.41) is 0. The van der Waals surface area contributed by atoms with Crippen LogP contribution in [-0.2, 0) is 9.47 Å². The van der Waals surface area contributed by atoms with Crippen LogP contribution in [0, 0.1) is 9.39 Å². The van der Waals surface area contributed by atoms with Crippen molar-refractivity contribution in [3.05, 3.63) is 75.1 Å². The molecule has 0 amide bonds. The van der Waals surface area contributed by atoms with Crippen LogP contribution in [0.4, 0.5) is 10.1 Å². The monoisotopic (exact) mass is 549 g/mol. The molecule has 0 saturated carbocycles. The van der Waals surface area contributed by atoms with E-state index in [0.717, 1.165) is 0 Å². The van der Waals surface area contributed by atoms with Crippen LogP contribution in [0.5, 0.6) is 11.5 Å². The Balaban J connectivity index is 2.07. The molecule has 2 N–H and O–H groups in total. The lowest BCUT2D eigenvalue weighted by molar-refractivity contribution is 0.0516. The third-order valence-electron chi connectivity index (χ3n) is 4.40. The molecule has 3 aromatic rings. The molecule has 0 aliphatic carbocycles. The maximum atomic E-state index is 15.2. The quantitative estimate of drug-likeness (QED) is 0.227. The van der Waals surface area contributed by atoms with Crippen LogP contribution in [0.1, 0.15) is 34.6 Å². The number of carbonyl (C=O) groups is 2. The Kier molecular flexibility index (Phi) is 7.68. The number of carbonyl (C=O) groups excluding carboxylic acids is 2. The van der Waals surface area contributed by atoms with Gasteiger partial charge in [-0.2, -0.15) is 0 Å². The maximum absolute atomic E-state index is 15.2. The molecule has 0 aromatic heterocycles. The number of nitrogens with two attached hydrogens (primary N) is 1. The van der Waals surface area contributed by atoms with E-state index in [9.17, 15) is 9.59 Å². The topological polar surface area (TPSA) is 87.9 Å². The number of ether oxygens (including phenoxy) is 3. The molecule has 166 valence electrons. The Bertz CT molecular complexity index is 1170. The summed E-state index contributed by atoms with van der Waals surface area (Å²) in [5.74, 6) is -1.19. The summed E-state index contributed by atoms with van der Waals surface area (Å²) in [6.07, 6.45) is 0. The Labute approximate surface area is 198 Å². The van der Waals surface area contributed by atoms with Crippen molar-refractivity contribution in [1.29, 1.82) is 0 Å². The summed E-state index contributed by atoms with van der Waals surface area (Å²) in [6, 6.07) is 14.2. The number of hydrogen-bond donors (Lipinski definition) is 1. The van der Waals surface area contributed by atoms with Crippen molar-refractivity contribution in [2.75, 3.05) is 18.9 Å². The molecule has 0 bridgehead atoms. The van der Waals surface area contributed by atoms with E-state index in [0.29, 0.717) is 20.4 Å². The van der Waals surface area contributed by atoms with E-state index in [4.69, 9.17) is 19.9 Å². The number of hydrogen-bond acceptors (Lipinski definition) is 6. The van der Waals surface area contributed by atoms with E-state index in [-0.39, 0.29) is 35.8 Å². The minimum atomic E-state index is -0.680. The first-order valence-electron chi connectivity index (χ1n) is 9.85. The number of esters is 2. The molecule has 0 fully saturated rings. The predicted octanol–water partition coefficient (Wildman–Crippen LogP) is 5.83. The molecule has 0 saturated heterocycles. The molecule has 3 aromatic carbocycles. The standard InChI is InChI=1S/C24H21FINO5/c1-3-30-23(28)14-6-5-7-18(13-14)32-20-9-8-19(27)22(25)21(20)15-10-16(12-17(26)11-15)24(29)31-4-2/h5-13H,3-4,27H2,1-2H3. The van der Waals surface area contributed by atoms with Crippen molar-refractivity contribution < 1.29 is 28.2 Å². The molecule has 0 atom stereocenters. The van der Waals surface area contributed by atoms with Crippen LogP contribution in [0.2, 0.25) is 0 Å². The number of anilines is 1. The first-order chi connectivity index (χ1) is 15.3. The fourth-order valence-corrected chi connectivity index (χ4v) is 3.69. The average molecular weight is 549 g/mol. The van der Waals surface area contributed by atoms with Gasteiger partial charge in [-0.25, -0.2) is 14.0 Å². The minimum Gasteiger partial charge on any atom is -0.462 e. The zero-order valence-electron chi connectivity index (χ0n) is 17.5. The third kappa shape index (κ3) is 5.37. The molecule has 0 heterocycles. The number of nitrogen functional groups attached to an aromatic ring is 1. The lowest BCUT2D eigenvalue weighted by Gasteiger charge is -2.15. The van der Waals surface area contributed by atoms with Gasteiger partial charge in [0, 0.05) is 3.57 Å². The molecule has 6 nitrogen and oxygen atoms in total. The molecule has 32 heavy (non-hydrogen) atoms. The Hall–Kier alpha value is -3.14. The molecule has 3 rings (SSSR count).